The standard InChI is InChI=1S/C26H24N8O6/c1-4-39-21-14-17(9-12-20(21)38-3)22(29-18-10-7-16(8-11-18)23-28-15(2)40-32-23)24-30-26(35)33(31-24)25-19(34(36)37)6-5-13-27-25/h5-14,22,29H,4H2,1-3H3,(H,30,31,35). The Labute approximate surface area is 226 Å². The van der Waals surface area contributed by atoms with E-state index in [1.807, 2.05) is 31.2 Å². The van der Waals surface area contributed by atoms with E-state index in [0.717, 1.165) is 10.2 Å². The van der Waals surface area contributed by atoms with Gasteiger partial charge in [-0.15, -0.1) is 5.10 Å². The quantitative estimate of drug-likeness (QED) is 0.193. The Morgan fingerprint density at radius 2 is 1.98 bits per heavy atom. The lowest BCUT2D eigenvalue weighted by atomic mass is 10.0. The molecule has 40 heavy (non-hydrogen) atoms. The summed E-state index contributed by atoms with van der Waals surface area (Å²) < 4.78 is 17.1. The molecule has 0 fully saturated rings. The van der Waals surface area contributed by atoms with Crippen LogP contribution in [0.1, 0.15) is 30.2 Å². The van der Waals surface area contributed by atoms with Gasteiger partial charge < -0.3 is 19.3 Å². The molecule has 0 aliphatic rings. The van der Waals surface area contributed by atoms with E-state index in [9.17, 15) is 14.9 Å². The Kier molecular flexibility index (Phi) is 7.22. The van der Waals surface area contributed by atoms with Gasteiger partial charge in [-0.2, -0.15) is 9.67 Å². The van der Waals surface area contributed by atoms with Crippen molar-refractivity contribution >= 4 is 11.4 Å². The molecule has 0 radical (unpaired) electrons. The van der Waals surface area contributed by atoms with E-state index in [1.165, 1.54) is 18.3 Å². The number of H-pyrrole nitrogens is 1. The number of aryl methyl sites for hydroxylation is 1. The Balaban J connectivity index is 1.57. The summed E-state index contributed by atoms with van der Waals surface area (Å²) in [5.41, 5.74) is 1.06. The second-order valence-corrected chi connectivity index (χ2v) is 8.47. The highest BCUT2D eigenvalue weighted by atomic mass is 16.6. The Hall–Kier alpha value is -5.53. The topological polar surface area (TPSA) is 176 Å². The van der Waals surface area contributed by atoms with E-state index in [-0.39, 0.29) is 17.3 Å². The van der Waals surface area contributed by atoms with E-state index < -0.39 is 16.7 Å². The second-order valence-electron chi connectivity index (χ2n) is 8.47. The summed E-state index contributed by atoms with van der Waals surface area (Å²) in [6.45, 7) is 3.97. The highest BCUT2D eigenvalue weighted by molar-refractivity contribution is 5.60. The van der Waals surface area contributed by atoms with Crippen molar-refractivity contribution in [3.05, 3.63) is 98.7 Å². The molecule has 0 aliphatic carbocycles. The van der Waals surface area contributed by atoms with Gasteiger partial charge in [0, 0.05) is 30.4 Å². The van der Waals surface area contributed by atoms with Crippen LogP contribution < -0.4 is 20.5 Å². The fourth-order valence-corrected chi connectivity index (χ4v) is 4.06. The molecule has 0 aliphatic heterocycles. The minimum atomic E-state index is -0.708. The molecular weight excluding hydrogens is 520 g/mol. The van der Waals surface area contributed by atoms with Crippen molar-refractivity contribution in [2.75, 3.05) is 19.0 Å². The number of aromatic nitrogens is 6. The summed E-state index contributed by atoms with van der Waals surface area (Å²) in [5.74, 6) is 1.93. The highest BCUT2D eigenvalue weighted by Gasteiger charge is 2.25. The first kappa shape index (κ1) is 26.1. The van der Waals surface area contributed by atoms with Crippen LogP contribution in [0.4, 0.5) is 11.4 Å². The molecule has 0 saturated heterocycles. The third-order valence-electron chi connectivity index (χ3n) is 5.87. The van der Waals surface area contributed by atoms with Gasteiger partial charge in [0.2, 0.25) is 17.5 Å². The van der Waals surface area contributed by atoms with Crippen LogP contribution in [-0.4, -0.2) is 48.5 Å². The lowest BCUT2D eigenvalue weighted by Gasteiger charge is -2.20. The van der Waals surface area contributed by atoms with Crippen LogP contribution in [0.25, 0.3) is 17.2 Å². The van der Waals surface area contributed by atoms with Gasteiger partial charge in [-0.3, -0.25) is 15.1 Å². The van der Waals surface area contributed by atoms with Crippen LogP contribution in [0.15, 0.2) is 70.1 Å². The smallest absolute Gasteiger partial charge is 0.349 e. The number of anilines is 1. The minimum absolute atomic E-state index is 0.190. The van der Waals surface area contributed by atoms with Gasteiger partial charge in [0.05, 0.1) is 18.6 Å². The molecule has 0 spiro atoms. The minimum Gasteiger partial charge on any atom is -0.493 e. The summed E-state index contributed by atoms with van der Waals surface area (Å²) in [6, 6.07) is 14.6. The zero-order valence-corrected chi connectivity index (χ0v) is 21.7. The summed E-state index contributed by atoms with van der Waals surface area (Å²) in [6.07, 6.45) is 1.35. The normalized spacial score (nSPS) is 11.7. The van der Waals surface area contributed by atoms with Crippen molar-refractivity contribution < 1.29 is 18.9 Å². The number of ether oxygens (including phenoxy) is 2. The van der Waals surface area contributed by atoms with Crippen LogP contribution in [0.2, 0.25) is 0 Å². The molecule has 2 aromatic carbocycles. The zero-order chi connectivity index (χ0) is 28.2. The van der Waals surface area contributed by atoms with Crippen molar-refractivity contribution in [2.24, 2.45) is 0 Å². The summed E-state index contributed by atoms with van der Waals surface area (Å²) in [7, 11) is 1.54. The van der Waals surface area contributed by atoms with Gasteiger partial charge >= 0.3 is 11.4 Å². The maximum Gasteiger partial charge on any atom is 0.349 e. The zero-order valence-electron chi connectivity index (χ0n) is 21.7. The third-order valence-corrected chi connectivity index (χ3v) is 5.87. The number of benzene rings is 2. The number of nitrogens with one attached hydrogen (secondary N) is 2. The lowest BCUT2D eigenvalue weighted by molar-refractivity contribution is -0.385. The second kappa shape index (κ2) is 11.1. The van der Waals surface area contributed by atoms with E-state index in [2.05, 4.69) is 30.5 Å². The number of aromatic amines is 1. The first-order chi connectivity index (χ1) is 19.4. The molecule has 0 bridgehead atoms. The lowest BCUT2D eigenvalue weighted by Crippen LogP contribution is -2.18. The van der Waals surface area contributed by atoms with Gasteiger partial charge in [0.25, 0.3) is 0 Å². The fraction of sp³-hybridized carbons (Fsp3) is 0.192. The van der Waals surface area contributed by atoms with E-state index >= 15 is 0 Å². The van der Waals surface area contributed by atoms with Crippen LogP contribution in [0.3, 0.4) is 0 Å². The number of nitro groups is 1. The van der Waals surface area contributed by atoms with E-state index in [4.69, 9.17) is 14.0 Å². The average molecular weight is 545 g/mol. The van der Waals surface area contributed by atoms with Crippen molar-refractivity contribution in [3.63, 3.8) is 0 Å². The first-order valence-corrected chi connectivity index (χ1v) is 12.1. The van der Waals surface area contributed by atoms with Gasteiger partial charge in [0.1, 0.15) is 6.04 Å². The maximum absolute atomic E-state index is 13.0. The molecule has 1 unspecified atom stereocenters. The summed E-state index contributed by atoms with van der Waals surface area (Å²) in [4.78, 5) is 34.9. The van der Waals surface area contributed by atoms with Crippen LogP contribution in [0, 0.1) is 17.0 Å². The average Bonchev–Trinajstić information content (AvgIpc) is 3.57. The van der Waals surface area contributed by atoms with Crippen LogP contribution >= 0.6 is 0 Å². The number of methoxy groups -OCH3 is 1. The van der Waals surface area contributed by atoms with Crippen molar-refractivity contribution in [1.29, 1.82) is 0 Å². The Morgan fingerprint density at radius 1 is 1.18 bits per heavy atom. The number of rotatable bonds is 10. The molecule has 1 atom stereocenters. The molecule has 3 heterocycles. The number of hydrogen-bond donors (Lipinski definition) is 2. The van der Waals surface area contributed by atoms with Gasteiger partial charge in [-0.05, 0) is 55.0 Å². The van der Waals surface area contributed by atoms with Gasteiger partial charge in [-0.25, -0.2) is 9.78 Å². The van der Waals surface area contributed by atoms with Crippen molar-refractivity contribution in [2.45, 2.75) is 19.9 Å². The molecule has 5 rings (SSSR count). The monoisotopic (exact) mass is 544 g/mol. The molecule has 204 valence electrons. The summed E-state index contributed by atoms with van der Waals surface area (Å²) >= 11 is 0. The molecule has 3 aromatic heterocycles. The Morgan fingerprint density at radius 3 is 2.65 bits per heavy atom. The molecule has 2 N–H and O–H groups in total. The molecular formula is C26H24N8O6. The molecule has 14 nitrogen and oxygen atoms in total. The number of hydrogen-bond acceptors (Lipinski definition) is 11. The summed E-state index contributed by atoms with van der Waals surface area (Å²) in [5, 5.41) is 23.3. The van der Waals surface area contributed by atoms with Crippen molar-refractivity contribution in [1.82, 2.24) is 29.9 Å². The Bertz CT molecular complexity index is 1710. The van der Waals surface area contributed by atoms with Gasteiger partial charge in [0.15, 0.2) is 17.3 Å². The van der Waals surface area contributed by atoms with Crippen LogP contribution in [-0.2, 0) is 0 Å². The van der Waals surface area contributed by atoms with Gasteiger partial charge in [-0.1, -0.05) is 11.2 Å². The van der Waals surface area contributed by atoms with Crippen LogP contribution in [0.5, 0.6) is 11.5 Å². The fourth-order valence-electron chi connectivity index (χ4n) is 4.06. The molecule has 0 saturated carbocycles. The molecule has 14 heteroatoms. The number of nitrogens with zero attached hydrogens (tertiary/aromatic N) is 6. The highest BCUT2D eigenvalue weighted by Crippen LogP contribution is 2.34. The first-order valence-electron chi connectivity index (χ1n) is 12.1. The maximum atomic E-state index is 13.0. The molecule has 5 aromatic rings. The van der Waals surface area contributed by atoms with E-state index in [0.29, 0.717) is 41.1 Å². The predicted octanol–water partition coefficient (Wildman–Crippen LogP) is 3.83. The third kappa shape index (κ3) is 5.22. The number of pyridine rings is 1. The van der Waals surface area contributed by atoms with E-state index in [1.54, 1.807) is 32.2 Å². The van der Waals surface area contributed by atoms with Crippen molar-refractivity contribution in [3.8, 4) is 28.7 Å². The largest absolute Gasteiger partial charge is 0.493 e. The molecule has 0 amide bonds. The SMILES string of the molecule is CCOc1cc(C(Nc2ccc(-c3noc(C)n3)cc2)c2nn(-c3ncccc3[N+](=O)[O-])c(=O)[nH]2)ccc1OC. The predicted molar refractivity (Wildman–Crippen MR) is 143 cm³/mol.